The van der Waals surface area contributed by atoms with E-state index < -0.39 is 0 Å². The first-order chi connectivity index (χ1) is 8.29. The van der Waals surface area contributed by atoms with Crippen LogP contribution in [0, 0.1) is 0 Å². The van der Waals surface area contributed by atoms with Crippen molar-refractivity contribution in [2.45, 2.75) is 13.3 Å². The van der Waals surface area contributed by atoms with Crippen LogP contribution in [0.3, 0.4) is 0 Å². The van der Waals surface area contributed by atoms with Gasteiger partial charge >= 0.3 is 0 Å². The van der Waals surface area contributed by atoms with Crippen molar-refractivity contribution in [3.05, 3.63) is 59.2 Å². The molecule has 0 spiro atoms. The number of hydrogen-bond donors (Lipinski definition) is 0. The highest BCUT2D eigenvalue weighted by Gasteiger charge is 2.17. The lowest BCUT2D eigenvalue weighted by Gasteiger charge is -2.04. The number of benzene rings is 2. The third-order valence-corrected chi connectivity index (χ3v) is 3.55. The summed E-state index contributed by atoms with van der Waals surface area (Å²) in [6.45, 7) is 2.06. The van der Waals surface area contributed by atoms with Crippen LogP contribution in [-0.2, 0) is 6.42 Å². The van der Waals surface area contributed by atoms with Crippen LogP contribution in [0.25, 0.3) is 11.1 Å². The summed E-state index contributed by atoms with van der Waals surface area (Å²) in [6.07, 6.45) is 1.05. The first kappa shape index (κ1) is 10.3. The molecule has 17 heavy (non-hydrogen) atoms. The maximum Gasteiger partial charge on any atom is 0.0386 e. The van der Waals surface area contributed by atoms with Crippen molar-refractivity contribution < 1.29 is 0 Å². The average molecular weight is 221 g/mol. The zero-order chi connectivity index (χ0) is 11.8. The predicted octanol–water partition coefficient (Wildman–Crippen LogP) is 3.70. The predicted molar refractivity (Wildman–Crippen MR) is 72.8 cm³/mol. The Hall–Kier alpha value is -1.89. The summed E-state index contributed by atoms with van der Waals surface area (Å²) in [5.74, 6) is 0. The van der Waals surface area contributed by atoms with Crippen LogP contribution in [0.2, 0.25) is 0 Å². The number of fused-ring (bicyclic) bond motifs is 3. The number of hydrogen-bond acceptors (Lipinski definition) is 1. The van der Waals surface area contributed by atoms with Crippen LogP contribution in [0.1, 0.15) is 23.6 Å². The van der Waals surface area contributed by atoms with E-state index in [4.69, 9.17) is 0 Å². The van der Waals surface area contributed by atoms with Crippen LogP contribution in [0.4, 0.5) is 0 Å². The van der Waals surface area contributed by atoms with Crippen LogP contribution in [-0.4, -0.2) is 12.8 Å². The Morgan fingerprint density at radius 1 is 1.00 bits per heavy atom. The number of aliphatic imine (C=N–C) groups is 1. The van der Waals surface area contributed by atoms with Crippen LogP contribution in [0.5, 0.6) is 0 Å². The molecular formula is C16H15N. The fourth-order valence-corrected chi connectivity index (χ4v) is 2.50. The second-order valence-electron chi connectivity index (χ2n) is 4.51. The van der Waals surface area contributed by atoms with Gasteiger partial charge in [0, 0.05) is 12.8 Å². The Morgan fingerprint density at radius 2 is 1.76 bits per heavy atom. The molecule has 0 bridgehead atoms. The standard InChI is InChI=1S/C16H15N/c1-11(17-2)12-7-8-16-14(9-12)10-13-5-3-4-6-15(13)16/h3-9H,10H2,1-2H3. The molecule has 0 amide bonds. The van der Waals surface area contributed by atoms with Crippen molar-refractivity contribution in [3.8, 4) is 11.1 Å². The van der Waals surface area contributed by atoms with Gasteiger partial charge in [0.15, 0.2) is 0 Å². The molecule has 0 saturated carbocycles. The topological polar surface area (TPSA) is 12.4 Å². The lowest BCUT2D eigenvalue weighted by Crippen LogP contribution is -1.95. The summed E-state index contributed by atoms with van der Waals surface area (Å²) >= 11 is 0. The highest BCUT2D eigenvalue weighted by atomic mass is 14.7. The average Bonchev–Trinajstić information content (AvgIpc) is 2.75. The van der Waals surface area contributed by atoms with E-state index in [0.29, 0.717) is 0 Å². The molecule has 3 rings (SSSR count). The molecular weight excluding hydrogens is 206 g/mol. The van der Waals surface area contributed by atoms with E-state index in [0.717, 1.165) is 12.1 Å². The summed E-state index contributed by atoms with van der Waals surface area (Å²) in [7, 11) is 1.84. The summed E-state index contributed by atoms with van der Waals surface area (Å²) in [5, 5.41) is 0. The molecule has 0 aromatic heterocycles. The van der Waals surface area contributed by atoms with Gasteiger partial charge in [0.25, 0.3) is 0 Å². The molecule has 0 N–H and O–H groups in total. The van der Waals surface area contributed by atoms with E-state index in [1.807, 2.05) is 7.05 Å². The van der Waals surface area contributed by atoms with Gasteiger partial charge in [0.1, 0.15) is 0 Å². The smallest absolute Gasteiger partial charge is 0.0386 e. The van der Waals surface area contributed by atoms with Crippen LogP contribution >= 0.6 is 0 Å². The summed E-state index contributed by atoms with van der Waals surface area (Å²) in [4.78, 5) is 4.25. The normalized spacial score (nSPS) is 13.4. The third kappa shape index (κ3) is 1.59. The molecule has 0 radical (unpaired) electrons. The monoisotopic (exact) mass is 221 g/mol. The minimum absolute atomic E-state index is 1.05. The van der Waals surface area contributed by atoms with Crippen LogP contribution in [0.15, 0.2) is 47.5 Å². The fraction of sp³-hybridized carbons (Fsp3) is 0.188. The van der Waals surface area contributed by atoms with Gasteiger partial charge in [-0.05, 0) is 47.2 Å². The molecule has 0 aliphatic heterocycles. The van der Waals surface area contributed by atoms with E-state index in [9.17, 15) is 0 Å². The zero-order valence-electron chi connectivity index (χ0n) is 10.2. The molecule has 0 unspecified atom stereocenters. The molecule has 1 nitrogen and oxygen atoms in total. The molecule has 0 heterocycles. The van der Waals surface area contributed by atoms with Crippen LogP contribution < -0.4 is 0 Å². The van der Waals surface area contributed by atoms with E-state index in [1.165, 1.54) is 27.8 Å². The second kappa shape index (κ2) is 3.85. The second-order valence-corrected chi connectivity index (χ2v) is 4.51. The molecule has 84 valence electrons. The lowest BCUT2D eigenvalue weighted by atomic mass is 10.0. The lowest BCUT2D eigenvalue weighted by molar-refractivity contribution is 1.26. The quantitative estimate of drug-likeness (QED) is 0.556. The molecule has 0 fully saturated rings. The first-order valence-electron chi connectivity index (χ1n) is 5.94. The first-order valence-corrected chi connectivity index (χ1v) is 5.94. The van der Waals surface area contributed by atoms with E-state index in [1.54, 1.807) is 0 Å². The van der Waals surface area contributed by atoms with Gasteiger partial charge in [-0.2, -0.15) is 0 Å². The Morgan fingerprint density at radius 3 is 2.59 bits per heavy atom. The Labute approximate surface area is 102 Å². The molecule has 2 aromatic carbocycles. The fourth-order valence-electron chi connectivity index (χ4n) is 2.50. The molecule has 1 heteroatoms. The Bertz CT molecular complexity index is 609. The van der Waals surface area contributed by atoms with Crippen molar-refractivity contribution in [1.29, 1.82) is 0 Å². The van der Waals surface area contributed by atoms with E-state index >= 15 is 0 Å². The van der Waals surface area contributed by atoms with Crippen molar-refractivity contribution in [1.82, 2.24) is 0 Å². The van der Waals surface area contributed by atoms with Crippen molar-refractivity contribution in [2.75, 3.05) is 7.05 Å². The summed E-state index contributed by atoms with van der Waals surface area (Å²) in [5.41, 5.74) is 7.97. The molecule has 0 atom stereocenters. The van der Waals surface area contributed by atoms with Crippen molar-refractivity contribution in [2.24, 2.45) is 4.99 Å². The Balaban J connectivity index is 2.13. The van der Waals surface area contributed by atoms with Gasteiger partial charge in [-0.3, -0.25) is 4.99 Å². The van der Waals surface area contributed by atoms with Crippen molar-refractivity contribution in [3.63, 3.8) is 0 Å². The summed E-state index contributed by atoms with van der Waals surface area (Å²) in [6, 6.07) is 15.3. The molecule has 0 saturated heterocycles. The number of rotatable bonds is 1. The Kier molecular flexibility index (Phi) is 2.32. The zero-order valence-corrected chi connectivity index (χ0v) is 10.2. The van der Waals surface area contributed by atoms with Gasteiger partial charge in [0.05, 0.1) is 0 Å². The largest absolute Gasteiger partial charge is 0.293 e. The van der Waals surface area contributed by atoms with Crippen molar-refractivity contribution >= 4 is 5.71 Å². The highest BCUT2D eigenvalue weighted by Crippen LogP contribution is 2.36. The molecule has 1 aliphatic carbocycles. The van der Waals surface area contributed by atoms with Gasteiger partial charge in [0.2, 0.25) is 0 Å². The molecule has 2 aromatic rings. The molecule has 1 aliphatic rings. The van der Waals surface area contributed by atoms with Gasteiger partial charge in [-0.15, -0.1) is 0 Å². The minimum Gasteiger partial charge on any atom is -0.293 e. The number of nitrogens with zero attached hydrogens (tertiary/aromatic N) is 1. The summed E-state index contributed by atoms with van der Waals surface area (Å²) < 4.78 is 0. The van der Waals surface area contributed by atoms with Gasteiger partial charge in [-0.25, -0.2) is 0 Å². The van der Waals surface area contributed by atoms with Gasteiger partial charge in [-0.1, -0.05) is 36.4 Å². The van der Waals surface area contributed by atoms with E-state index in [2.05, 4.69) is 54.4 Å². The SMILES string of the molecule is CN=C(C)c1ccc2c(c1)Cc1ccccc1-2. The maximum atomic E-state index is 4.25. The highest BCUT2D eigenvalue weighted by molar-refractivity contribution is 5.99. The van der Waals surface area contributed by atoms with E-state index in [-0.39, 0.29) is 0 Å². The maximum absolute atomic E-state index is 4.25. The third-order valence-electron chi connectivity index (χ3n) is 3.55. The van der Waals surface area contributed by atoms with Gasteiger partial charge < -0.3 is 0 Å². The minimum atomic E-state index is 1.05.